The number of hydrogen-bond donors (Lipinski definition) is 1. The fourth-order valence-electron chi connectivity index (χ4n) is 3.31. The third-order valence-electron chi connectivity index (χ3n) is 5.37. The van der Waals surface area contributed by atoms with Gasteiger partial charge in [-0.05, 0) is 67.0 Å². The molecular weight excluding hydrogens is 488 g/mol. The number of carbonyl (C=O) groups excluding carboxylic acids is 1. The summed E-state index contributed by atoms with van der Waals surface area (Å²) >= 11 is 8.07. The second-order valence-electron chi connectivity index (χ2n) is 7.94. The molecule has 0 aliphatic rings. The lowest BCUT2D eigenvalue weighted by Gasteiger charge is -2.24. The van der Waals surface area contributed by atoms with E-state index in [1.807, 2.05) is 30.8 Å². The molecule has 180 valence electrons. The molecule has 0 atom stereocenters. The zero-order valence-corrected chi connectivity index (χ0v) is 21.7. The predicted molar refractivity (Wildman–Crippen MR) is 142 cm³/mol. The smallest absolute Gasteiger partial charge is 0.264 e. The van der Waals surface area contributed by atoms with Gasteiger partial charge >= 0.3 is 0 Å². The van der Waals surface area contributed by atoms with Crippen LogP contribution in [-0.4, -0.2) is 33.2 Å². The summed E-state index contributed by atoms with van der Waals surface area (Å²) in [7, 11) is -3.94. The first-order valence-corrected chi connectivity index (χ1v) is 14.0. The van der Waals surface area contributed by atoms with E-state index in [1.165, 1.54) is 23.3 Å². The Morgan fingerprint density at radius 3 is 2.38 bits per heavy atom. The van der Waals surface area contributed by atoms with Gasteiger partial charge in [-0.2, -0.15) is 11.8 Å². The van der Waals surface area contributed by atoms with E-state index in [0.717, 1.165) is 27.8 Å². The maximum absolute atomic E-state index is 13.3. The quantitative estimate of drug-likeness (QED) is 0.337. The number of nitrogens with zero attached hydrogens (tertiary/aromatic N) is 1. The van der Waals surface area contributed by atoms with Gasteiger partial charge in [0.15, 0.2) is 0 Å². The van der Waals surface area contributed by atoms with Gasteiger partial charge in [0.1, 0.15) is 6.54 Å². The molecule has 0 heterocycles. The molecule has 0 spiro atoms. The van der Waals surface area contributed by atoms with Crippen LogP contribution in [0.2, 0.25) is 5.02 Å². The summed E-state index contributed by atoms with van der Waals surface area (Å²) < 4.78 is 27.8. The summed E-state index contributed by atoms with van der Waals surface area (Å²) in [5.74, 6) is 1.46. The first kappa shape index (κ1) is 26.1. The number of hydrogen-bond acceptors (Lipinski definition) is 4. The van der Waals surface area contributed by atoms with Gasteiger partial charge in [-0.25, -0.2) is 8.42 Å². The lowest BCUT2D eigenvalue weighted by atomic mass is 10.1. The zero-order chi connectivity index (χ0) is 24.6. The number of anilines is 1. The van der Waals surface area contributed by atoms with Gasteiger partial charge in [-0.1, -0.05) is 60.1 Å². The molecule has 0 saturated heterocycles. The largest absolute Gasteiger partial charge is 0.354 e. The Hall–Kier alpha value is -2.48. The van der Waals surface area contributed by atoms with Crippen LogP contribution in [0.1, 0.15) is 23.1 Å². The van der Waals surface area contributed by atoms with E-state index in [-0.39, 0.29) is 17.3 Å². The summed E-state index contributed by atoms with van der Waals surface area (Å²) in [6.07, 6.45) is 0.796. The summed E-state index contributed by atoms with van der Waals surface area (Å²) in [4.78, 5) is 12.8. The van der Waals surface area contributed by atoms with Crippen molar-refractivity contribution in [2.45, 2.75) is 30.9 Å². The number of nitrogens with one attached hydrogen (secondary N) is 1. The average Bonchev–Trinajstić information content (AvgIpc) is 2.83. The Bertz CT molecular complexity index is 1220. The van der Waals surface area contributed by atoms with Crippen molar-refractivity contribution < 1.29 is 13.2 Å². The van der Waals surface area contributed by atoms with Gasteiger partial charge in [0.25, 0.3) is 10.0 Å². The number of amides is 1. The number of sulfonamides is 1. The van der Waals surface area contributed by atoms with Crippen LogP contribution in [0, 0.1) is 13.8 Å². The van der Waals surface area contributed by atoms with Crippen molar-refractivity contribution >= 4 is 45.0 Å². The normalized spacial score (nSPS) is 11.3. The van der Waals surface area contributed by atoms with Crippen molar-refractivity contribution in [3.63, 3.8) is 0 Å². The number of benzene rings is 3. The summed E-state index contributed by atoms with van der Waals surface area (Å²) in [6.45, 7) is 4.10. The number of rotatable bonds is 11. The van der Waals surface area contributed by atoms with Crippen LogP contribution in [0.4, 0.5) is 5.69 Å². The Labute approximate surface area is 211 Å². The van der Waals surface area contributed by atoms with Crippen molar-refractivity contribution in [2.24, 2.45) is 0 Å². The zero-order valence-electron chi connectivity index (χ0n) is 19.3. The molecule has 0 aliphatic carbocycles. The van der Waals surface area contributed by atoms with Gasteiger partial charge in [-0.15, -0.1) is 0 Å². The van der Waals surface area contributed by atoms with Gasteiger partial charge in [0.2, 0.25) is 5.91 Å². The lowest BCUT2D eigenvalue weighted by Crippen LogP contribution is -2.41. The molecule has 0 fully saturated rings. The second-order valence-corrected chi connectivity index (χ2v) is 11.3. The Morgan fingerprint density at radius 2 is 1.68 bits per heavy atom. The molecule has 8 heteroatoms. The minimum atomic E-state index is -3.94. The van der Waals surface area contributed by atoms with E-state index in [1.54, 1.807) is 36.4 Å². The molecule has 34 heavy (non-hydrogen) atoms. The van der Waals surface area contributed by atoms with Crippen molar-refractivity contribution in [1.29, 1.82) is 0 Å². The number of halogens is 1. The van der Waals surface area contributed by atoms with Crippen LogP contribution in [0.3, 0.4) is 0 Å². The third-order valence-corrected chi connectivity index (χ3v) is 8.66. The molecule has 0 bridgehead atoms. The maximum atomic E-state index is 13.3. The molecule has 3 aromatic rings. The molecular formula is C26H29ClN2O3S2. The van der Waals surface area contributed by atoms with Gasteiger partial charge < -0.3 is 5.32 Å². The first-order valence-electron chi connectivity index (χ1n) is 11.0. The van der Waals surface area contributed by atoms with E-state index in [4.69, 9.17) is 11.6 Å². The summed E-state index contributed by atoms with van der Waals surface area (Å²) in [6, 6.07) is 21.4. The topological polar surface area (TPSA) is 66.5 Å². The fraction of sp³-hybridized carbons (Fsp3) is 0.269. The highest BCUT2D eigenvalue weighted by Crippen LogP contribution is 2.28. The molecule has 0 aromatic heterocycles. The minimum absolute atomic E-state index is 0.118. The van der Waals surface area contributed by atoms with Gasteiger partial charge in [0.05, 0.1) is 10.6 Å². The molecule has 3 rings (SSSR count). The Kier molecular flexibility index (Phi) is 9.45. The van der Waals surface area contributed by atoms with E-state index < -0.39 is 10.0 Å². The summed E-state index contributed by atoms with van der Waals surface area (Å²) in [5, 5.41) is 3.29. The molecule has 0 radical (unpaired) electrons. The molecule has 1 N–H and O–H groups in total. The molecule has 5 nitrogen and oxygen atoms in total. The number of thioether (sulfide) groups is 1. The first-order chi connectivity index (χ1) is 16.3. The Balaban J connectivity index is 1.60. The molecule has 0 aliphatic heterocycles. The highest BCUT2D eigenvalue weighted by Gasteiger charge is 2.27. The van der Waals surface area contributed by atoms with E-state index in [0.29, 0.717) is 17.3 Å². The molecule has 3 aromatic carbocycles. The Morgan fingerprint density at radius 1 is 0.971 bits per heavy atom. The maximum Gasteiger partial charge on any atom is 0.264 e. The van der Waals surface area contributed by atoms with Crippen LogP contribution in [0.15, 0.2) is 77.7 Å². The summed E-state index contributed by atoms with van der Waals surface area (Å²) in [5.41, 5.74) is 3.77. The van der Waals surface area contributed by atoms with E-state index in [9.17, 15) is 13.2 Å². The van der Waals surface area contributed by atoms with Crippen LogP contribution < -0.4 is 9.62 Å². The average molecular weight is 517 g/mol. The van der Waals surface area contributed by atoms with Crippen LogP contribution >= 0.6 is 23.4 Å². The highest BCUT2D eigenvalue weighted by molar-refractivity contribution is 7.98. The standard InChI is InChI=1S/C26H29ClN2O3S2/c1-20-9-6-7-10-22(20)19-33-16-8-15-28-26(30)18-29(23-14-13-21(2)25(27)17-23)34(31,32)24-11-4-3-5-12-24/h3-7,9-14,17H,8,15-16,18-19H2,1-2H3,(H,28,30). The highest BCUT2D eigenvalue weighted by atomic mass is 35.5. The van der Waals surface area contributed by atoms with Crippen LogP contribution in [0.25, 0.3) is 0 Å². The van der Waals surface area contributed by atoms with Crippen molar-refractivity contribution in [3.05, 3.63) is 94.5 Å². The van der Waals surface area contributed by atoms with Gasteiger partial charge in [-0.3, -0.25) is 9.10 Å². The van der Waals surface area contributed by atoms with Crippen LogP contribution in [-0.2, 0) is 20.6 Å². The SMILES string of the molecule is Cc1ccc(N(CC(=O)NCCCSCc2ccccc2C)S(=O)(=O)c2ccccc2)cc1Cl. The third kappa shape index (κ3) is 7.01. The van der Waals surface area contributed by atoms with Crippen molar-refractivity contribution in [3.8, 4) is 0 Å². The van der Waals surface area contributed by atoms with Crippen LogP contribution in [0.5, 0.6) is 0 Å². The monoisotopic (exact) mass is 516 g/mol. The predicted octanol–water partition coefficient (Wildman–Crippen LogP) is 5.59. The molecule has 1 amide bonds. The fourth-order valence-corrected chi connectivity index (χ4v) is 5.96. The number of carbonyl (C=O) groups is 1. The lowest BCUT2D eigenvalue weighted by molar-refractivity contribution is -0.119. The van der Waals surface area contributed by atoms with Gasteiger partial charge in [0, 0.05) is 17.3 Å². The molecule has 0 saturated carbocycles. The van der Waals surface area contributed by atoms with Crippen molar-refractivity contribution in [1.82, 2.24) is 5.32 Å². The van der Waals surface area contributed by atoms with Crippen molar-refractivity contribution in [2.75, 3.05) is 23.1 Å². The van der Waals surface area contributed by atoms with E-state index in [2.05, 4.69) is 24.4 Å². The number of aryl methyl sites for hydroxylation is 2. The van der Waals surface area contributed by atoms with E-state index >= 15 is 0 Å². The second kappa shape index (κ2) is 12.3. The minimum Gasteiger partial charge on any atom is -0.354 e. The molecule has 0 unspecified atom stereocenters.